The first kappa shape index (κ1) is 15.4. The second-order valence-corrected chi connectivity index (χ2v) is 5.83. The van der Waals surface area contributed by atoms with Crippen LogP contribution < -0.4 is 11.1 Å². The molecule has 1 aromatic rings. The highest BCUT2D eigenvalue weighted by atomic mass is 16.6. The maximum atomic E-state index is 12.3. The molecule has 1 amide bonds. The molecule has 6 heteroatoms. The highest BCUT2D eigenvalue weighted by Gasteiger charge is 2.29. The molecule has 1 aromatic carbocycles. The number of rotatable bonds is 4. The lowest BCUT2D eigenvalue weighted by Gasteiger charge is -2.33. The Morgan fingerprint density at radius 3 is 2.67 bits per heavy atom. The molecular weight excluding hydrogens is 270 g/mol. The fourth-order valence-corrected chi connectivity index (χ4v) is 2.88. The van der Waals surface area contributed by atoms with Gasteiger partial charge < -0.3 is 11.1 Å². The zero-order valence-corrected chi connectivity index (χ0v) is 12.2. The van der Waals surface area contributed by atoms with E-state index in [1.165, 1.54) is 12.5 Å². The number of nitrogens with two attached hydrogens (primary N) is 1. The fourth-order valence-electron chi connectivity index (χ4n) is 2.88. The van der Waals surface area contributed by atoms with Gasteiger partial charge in [-0.15, -0.1) is 0 Å². The summed E-state index contributed by atoms with van der Waals surface area (Å²) in [5.41, 5.74) is 6.45. The predicted molar refractivity (Wildman–Crippen MR) is 80.2 cm³/mol. The lowest BCUT2D eigenvalue weighted by atomic mass is 9.82. The van der Waals surface area contributed by atoms with Crippen LogP contribution in [-0.4, -0.2) is 22.9 Å². The van der Waals surface area contributed by atoms with Gasteiger partial charge >= 0.3 is 0 Å². The molecular formula is C15H21N3O3. The van der Waals surface area contributed by atoms with Gasteiger partial charge in [0.1, 0.15) is 5.56 Å². The third kappa shape index (κ3) is 3.58. The number of nitro benzene ring substituents is 1. The average Bonchev–Trinajstić information content (AvgIpc) is 2.45. The Labute approximate surface area is 123 Å². The van der Waals surface area contributed by atoms with Crippen molar-refractivity contribution in [3.8, 4) is 0 Å². The van der Waals surface area contributed by atoms with Gasteiger partial charge in [0.05, 0.1) is 4.92 Å². The molecule has 3 N–H and O–H groups in total. The van der Waals surface area contributed by atoms with Crippen LogP contribution in [0.5, 0.6) is 0 Å². The number of nitrogens with zero attached hydrogens (tertiary/aromatic N) is 1. The van der Waals surface area contributed by atoms with E-state index in [2.05, 4.69) is 5.32 Å². The first-order valence-electron chi connectivity index (χ1n) is 7.24. The van der Waals surface area contributed by atoms with Crippen molar-refractivity contribution in [1.82, 2.24) is 5.32 Å². The van der Waals surface area contributed by atoms with Crippen molar-refractivity contribution in [3.05, 3.63) is 39.4 Å². The smallest absolute Gasteiger partial charge is 0.282 e. The topological polar surface area (TPSA) is 98.3 Å². The summed E-state index contributed by atoms with van der Waals surface area (Å²) < 4.78 is 0. The number of carbonyl (C=O) groups is 1. The highest BCUT2D eigenvalue weighted by molar-refractivity contribution is 5.99. The third-order valence-electron chi connectivity index (χ3n) is 4.12. The van der Waals surface area contributed by atoms with Crippen LogP contribution in [0.2, 0.25) is 0 Å². The summed E-state index contributed by atoms with van der Waals surface area (Å²) in [6.07, 6.45) is 5.07. The first-order chi connectivity index (χ1) is 9.93. The zero-order valence-electron chi connectivity index (χ0n) is 12.2. The van der Waals surface area contributed by atoms with Crippen molar-refractivity contribution in [2.45, 2.75) is 44.6 Å². The molecule has 0 atom stereocenters. The van der Waals surface area contributed by atoms with E-state index in [1.54, 1.807) is 19.1 Å². The van der Waals surface area contributed by atoms with Gasteiger partial charge in [-0.1, -0.05) is 31.4 Å². The van der Waals surface area contributed by atoms with E-state index in [0.717, 1.165) is 25.7 Å². The minimum Gasteiger partial charge on any atom is -0.350 e. The van der Waals surface area contributed by atoms with Gasteiger partial charge in [-0.25, -0.2) is 0 Å². The van der Waals surface area contributed by atoms with E-state index in [9.17, 15) is 14.9 Å². The Morgan fingerprint density at radius 1 is 1.38 bits per heavy atom. The molecule has 0 radical (unpaired) electrons. The van der Waals surface area contributed by atoms with Gasteiger partial charge in [-0.05, 0) is 25.3 Å². The number of hydrogen-bond donors (Lipinski definition) is 2. The number of aryl methyl sites for hydroxylation is 1. The molecule has 0 bridgehead atoms. The average molecular weight is 291 g/mol. The van der Waals surface area contributed by atoms with Crippen LogP contribution in [0.15, 0.2) is 18.2 Å². The Hall–Kier alpha value is -1.95. The van der Waals surface area contributed by atoms with Crippen molar-refractivity contribution in [2.75, 3.05) is 6.54 Å². The Morgan fingerprint density at radius 2 is 2.05 bits per heavy atom. The van der Waals surface area contributed by atoms with E-state index in [4.69, 9.17) is 5.73 Å². The quantitative estimate of drug-likeness (QED) is 0.656. The van der Waals surface area contributed by atoms with Gasteiger partial charge in [0.25, 0.3) is 11.6 Å². The fraction of sp³-hybridized carbons (Fsp3) is 0.533. The van der Waals surface area contributed by atoms with E-state index < -0.39 is 10.8 Å². The van der Waals surface area contributed by atoms with Crippen molar-refractivity contribution in [2.24, 2.45) is 5.73 Å². The maximum Gasteiger partial charge on any atom is 0.282 e. The molecule has 0 saturated heterocycles. The molecule has 1 aliphatic carbocycles. The van der Waals surface area contributed by atoms with Crippen LogP contribution in [-0.2, 0) is 0 Å². The molecule has 2 rings (SSSR count). The predicted octanol–water partition coefficient (Wildman–Crippen LogP) is 2.29. The first-order valence-corrected chi connectivity index (χ1v) is 7.24. The molecule has 0 aliphatic heterocycles. The van der Waals surface area contributed by atoms with Crippen molar-refractivity contribution in [1.29, 1.82) is 0 Å². The highest BCUT2D eigenvalue weighted by Crippen LogP contribution is 2.26. The zero-order chi connectivity index (χ0) is 15.5. The van der Waals surface area contributed by atoms with Crippen molar-refractivity contribution in [3.63, 3.8) is 0 Å². The second-order valence-electron chi connectivity index (χ2n) is 5.83. The van der Waals surface area contributed by atoms with E-state index in [1.807, 2.05) is 0 Å². The molecule has 21 heavy (non-hydrogen) atoms. The Kier molecular flexibility index (Phi) is 4.57. The molecule has 6 nitrogen and oxygen atoms in total. The number of carbonyl (C=O) groups excluding carboxylic acids is 1. The summed E-state index contributed by atoms with van der Waals surface area (Å²) >= 11 is 0. The summed E-state index contributed by atoms with van der Waals surface area (Å²) in [6.45, 7) is 2.05. The molecule has 0 aromatic heterocycles. The van der Waals surface area contributed by atoms with E-state index in [0.29, 0.717) is 12.1 Å². The summed E-state index contributed by atoms with van der Waals surface area (Å²) in [7, 11) is 0. The van der Waals surface area contributed by atoms with Crippen molar-refractivity contribution < 1.29 is 9.72 Å². The normalized spacial score (nSPS) is 17.2. The summed E-state index contributed by atoms with van der Waals surface area (Å²) in [5.74, 6) is -0.421. The van der Waals surface area contributed by atoms with Gasteiger partial charge in [0.2, 0.25) is 0 Å². The largest absolute Gasteiger partial charge is 0.350 e. The standard InChI is InChI=1S/C15H21N3O3/c1-11-6-5-7-12(18(20)21)13(11)14(19)17-10-15(16)8-3-2-4-9-15/h5-7H,2-4,8-10,16H2,1H3,(H,17,19). The molecule has 1 fully saturated rings. The Balaban J connectivity index is 2.12. The summed E-state index contributed by atoms with van der Waals surface area (Å²) in [5, 5.41) is 13.8. The van der Waals surface area contributed by atoms with E-state index >= 15 is 0 Å². The lowest BCUT2D eigenvalue weighted by molar-refractivity contribution is -0.385. The summed E-state index contributed by atoms with van der Waals surface area (Å²) in [6, 6.07) is 4.62. The number of nitrogens with one attached hydrogen (secondary N) is 1. The van der Waals surface area contributed by atoms with Crippen LogP contribution >= 0.6 is 0 Å². The van der Waals surface area contributed by atoms with Crippen LogP contribution in [0, 0.1) is 17.0 Å². The number of benzene rings is 1. The van der Waals surface area contributed by atoms with Gasteiger partial charge in [0.15, 0.2) is 0 Å². The minimum absolute atomic E-state index is 0.127. The van der Waals surface area contributed by atoms with Crippen LogP contribution in [0.4, 0.5) is 5.69 Å². The lowest BCUT2D eigenvalue weighted by Crippen LogP contribution is -2.51. The molecule has 0 heterocycles. The third-order valence-corrected chi connectivity index (χ3v) is 4.12. The summed E-state index contributed by atoms with van der Waals surface area (Å²) in [4.78, 5) is 22.8. The number of amides is 1. The molecule has 1 saturated carbocycles. The maximum absolute atomic E-state index is 12.3. The molecule has 1 aliphatic rings. The van der Waals surface area contributed by atoms with Gasteiger partial charge in [-0.2, -0.15) is 0 Å². The monoisotopic (exact) mass is 291 g/mol. The molecule has 0 spiro atoms. The van der Waals surface area contributed by atoms with Crippen molar-refractivity contribution >= 4 is 11.6 Å². The number of nitro groups is 1. The number of hydrogen-bond acceptors (Lipinski definition) is 4. The van der Waals surface area contributed by atoms with Crippen LogP contribution in [0.3, 0.4) is 0 Å². The SMILES string of the molecule is Cc1cccc([N+](=O)[O-])c1C(=O)NCC1(N)CCCCC1. The Bertz CT molecular complexity index is 551. The van der Waals surface area contributed by atoms with E-state index in [-0.39, 0.29) is 16.8 Å². The minimum atomic E-state index is -0.527. The van der Waals surface area contributed by atoms with Crippen LogP contribution in [0.1, 0.15) is 48.0 Å². The van der Waals surface area contributed by atoms with Gasteiger partial charge in [0, 0.05) is 18.2 Å². The molecule has 114 valence electrons. The van der Waals surface area contributed by atoms with Gasteiger partial charge in [-0.3, -0.25) is 14.9 Å². The molecule has 0 unspecified atom stereocenters. The van der Waals surface area contributed by atoms with Crippen LogP contribution in [0.25, 0.3) is 0 Å². The second kappa shape index (κ2) is 6.22.